The topological polar surface area (TPSA) is 112 Å². The normalized spacial score (nSPS) is 11.5. The minimum absolute atomic E-state index is 0.118. The molecule has 0 atom stereocenters. The summed E-state index contributed by atoms with van der Waals surface area (Å²) >= 11 is 0. The molecule has 0 amide bonds. The third-order valence-electron chi connectivity index (χ3n) is 4.66. The summed E-state index contributed by atoms with van der Waals surface area (Å²) in [4.78, 5) is 16.7. The predicted octanol–water partition coefficient (Wildman–Crippen LogP) is 3.52. The van der Waals surface area contributed by atoms with Gasteiger partial charge in [0.25, 0.3) is 5.89 Å². The molecule has 1 heterocycles. The van der Waals surface area contributed by atoms with Crippen LogP contribution in [0.3, 0.4) is 0 Å². The first-order chi connectivity index (χ1) is 15.4. The molecule has 0 N–H and O–H groups in total. The highest BCUT2D eigenvalue weighted by atomic mass is 32.2. The summed E-state index contributed by atoms with van der Waals surface area (Å²) in [5.41, 5.74) is 0.880. The average molecular weight is 460 g/mol. The van der Waals surface area contributed by atoms with Gasteiger partial charge in [0.05, 0.1) is 22.6 Å². The molecule has 0 radical (unpaired) electrons. The third-order valence-corrected chi connectivity index (χ3v) is 6.72. The van der Waals surface area contributed by atoms with Gasteiger partial charge >= 0.3 is 5.97 Å². The van der Waals surface area contributed by atoms with Gasteiger partial charge in [-0.2, -0.15) is 9.29 Å². The van der Waals surface area contributed by atoms with Crippen LogP contribution >= 0.6 is 0 Å². The number of ether oxygens (including phenoxy) is 2. The fourth-order valence-corrected chi connectivity index (χ4v) is 4.50. The Hall–Kier alpha value is -3.24. The summed E-state index contributed by atoms with van der Waals surface area (Å²) < 4.78 is 42.4. The summed E-state index contributed by atoms with van der Waals surface area (Å²) in [6.45, 7) is 6.42. The van der Waals surface area contributed by atoms with E-state index in [1.54, 1.807) is 26.0 Å². The Balaban J connectivity index is 1.66. The average Bonchev–Trinajstić information content (AvgIpc) is 3.27. The standard InChI is InChI=1S/C22H25N3O6S/c1-4-25(5-2)32(27,28)17-13-11-16(12-14-17)22(26)30-15-20-23-21(24-31-20)18-9-7-8-10-19(18)29-6-3/h7-14H,4-6,15H2,1-3H3. The zero-order valence-corrected chi connectivity index (χ0v) is 19.0. The van der Waals surface area contributed by atoms with Crippen LogP contribution in [0.15, 0.2) is 57.9 Å². The van der Waals surface area contributed by atoms with Gasteiger partial charge in [-0.25, -0.2) is 13.2 Å². The van der Waals surface area contributed by atoms with Gasteiger partial charge < -0.3 is 14.0 Å². The first-order valence-electron chi connectivity index (χ1n) is 10.2. The number of carbonyl (C=O) groups excluding carboxylic acids is 1. The van der Waals surface area contributed by atoms with E-state index in [-0.39, 0.29) is 23.0 Å². The van der Waals surface area contributed by atoms with Crippen LogP contribution < -0.4 is 4.74 Å². The fourth-order valence-electron chi connectivity index (χ4n) is 3.04. The van der Waals surface area contributed by atoms with Gasteiger partial charge in [-0.3, -0.25) is 0 Å². The van der Waals surface area contributed by atoms with E-state index < -0.39 is 16.0 Å². The number of sulfonamides is 1. The second-order valence-electron chi connectivity index (χ2n) is 6.63. The van der Waals surface area contributed by atoms with Crippen molar-refractivity contribution in [1.29, 1.82) is 0 Å². The van der Waals surface area contributed by atoms with E-state index in [0.717, 1.165) is 0 Å². The van der Waals surface area contributed by atoms with Gasteiger partial charge in [0.1, 0.15) is 5.75 Å². The monoisotopic (exact) mass is 459 g/mol. The summed E-state index contributed by atoms with van der Waals surface area (Å²) in [6, 6.07) is 12.9. The largest absolute Gasteiger partial charge is 0.493 e. The molecule has 0 spiro atoms. The van der Waals surface area contributed by atoms with Crippen molar-refractivity contribution in [3.63, 3.8) is 0 Å². The number of benzene rings is 2. The Morgan fingerprint density at radius 2 is 1.72 bits per heavy atom. The zero-order valence-electron chi connectivity index (χ0n) is 18.1. The van der Waals surface area contributed by atoms with E-state index in [0.29, 0.717) is 36.8 Å². The van der Waals surface area contributed by atoms with Gasteiger partial charge in [0.15, 0.2) is 6.61 Å². The minimum Gasteiger partial charge on any atom is -0.493 e. The second kappa shape index (κ2) is 10.4. The van der Waals surface area contributed by atoms with Crippen LogP contribution in [0.25, 0.3) is 11.4 Å². The van der Waals surface area contributed by atoms with Crippen molar-refractivity contribution in [2.24, 2.45) is 0 Å². The number of rotatable bonds is 10. The molecule has 2 aromatic carbocycles. The molecule has 0 bridgehead atoms. The number of esters is 1. The van der Waals surface area contributed by atoms with E-state index in [1.807, 2.05) is 19.1 Å². The molecule has 0 aliphatic heterocycles. The number of hydrogen-bond acceptors (Lipinski definition) is 8. The number of para-hydroxylation sites is 1. The van der Waals surface area contributed by atoms with Crippen molar-refractivity contribution in [3.05, 3.63) is 60.0 Å². The van der Waals surface area contributed by atoms with Crippen molar-refractivity contribution in [1.82, 2.24) is 14.4 Å². The lowest BCUT2D eigenvalue weighted by molar-refractivity contribution is 0.0429. The van der Waals surface area contributed by atoms with E-state index in [4.69, 9.17) is 14.0 Å². The van der Waals surface area contributed by atoms with Gasteiger partial charge in [-0.1, -0.05) is 31.1 Å². The highest BCUT2D eigenvalue weighted by molar-refractivity contribution is 7.89. The number of aromatic nitrogens is 2. The summed E-state index contributed by atoms with van der Waals surface area (Å²) in [5.74, 6) is 0.441. The lowest BCUT2D eigenvalue weighted by Crippen LogP contribution is -2.30. The smallest absolute Gasteiger partial charge is 0.338 e. The second-order valence-corrected chi connectivity index (χ2v) is 8.57. The lowest BCUT2D eigenvalue weighted by Gasteiger charge is -2.18. The summed E-state index contributed by atoms with van der Waals surface area (Å²) in [7, 11) is -3.59. The third kappa shape index (κ3) is 5.14. The molecule has 0 unspecified atom stereocenters. The first-order valence-corrected chi connectivity index (χ1v) is 11.7. The Bertz CT molecular complexity index is 1150. The van der Waals surface area contributed by atoms with Crippen LogP contribution in [0.4, 0.5) is 0 Å². The first kappa shape index (κ1) is 23.4. The zero-order chi connectivity index (χ0) is 23.1. The summed E-state index contributed by atoms with van der Waals surface area (Å²) in [5, 5.41) is 3.92. The van der Waals surface area contributed by atoms with Gasteiger partial charge in [-0.05, 0) is 43.3 Å². The number of hydrogen-bond donors (Lipinski definition) is 0. The molecule has 0 saturated heterocycles. The molecule has 32 heavy (non-hydrogen) atoms. The van der Waals surface area contributed by atoms with Crippen molar-refractivity contribution < 1.29 is 27.2 Å². The van der Waals surface area contributed by atoms with Crippen LogP contribution in [0.5, 0.6) is 5.75 Å². The molecule has 10 heteroatoms. The van der Waals surface area contributed by atoms with E-state index in [9.17, 15) is 13.2 Å². The van der Waals surface area contributed by atoms with Crippen molar-refractivity contribution in [3.8, 4) is 17.1 Å². The van der Waals surface area contributed by atoms with Crippen molar-refractivity contribution in [2.45, 2.75) is 32.3 Å². The highest BCUT2D eigenvalue weighted by Crippen LogP contribution is 2.27. The van der Waals surface area contributed by atoms with Gasteiger partial charge in [-0.15, -0.1) is 0 Å². The number of carbonyl (C=O) groups is 1. The van der Waals surface area contributed by atoms with Crippen LogP contribution in [0, 0.1) is 0 Å². The molecule has 0 fully saturated rings. The lowest BCUT2D eigenvalue weighted by atomic mass is 10.2. The fraction of sp³-hybridized carbons (Fsp3) is 0.318. The number of nitrogens with zero attached hydrogens (tertiary/aromatic N) is 3. The van der Waals surface area contributed by atoms with E-state index in [2.05, 4.69) is 10.1 Å². The molecular weight excluding hydrogens is 434 g/mol. The molecular formula is C22H25N3O6S. The molecule has 170 valence electrons. The minimum atomic E-state index is -3.59. The van der Waals surface area contributed by atoms with Crippen molar-refractivity contribution >= 4 is 16.0 Å². The predicted molar refractivity (Wildman–Crippen MR) is 117 cm³/mol. The molecule has 3 aromatic rings. The van der Waals surface area contributed by atoms with E-state index >= 15 is 0 Å². The Morgan fingerprint density at radius 1 is 1.03 bits per heavy atom. The molecule has 0 saturated carbocycles. The van der Waals surface area contributed by atoms with Crippen LogP contribution in [-0.4, -0.2) is 48.5 Å². The van der Waals surface area contributed by atoms with E-state index in [1.165, 1.54) is 28.6 Å². The maximum absolute atomic E-state index is 12.5. The molecule has 9 nitrogen and oxygen atoms in total. The van der Waals surface area contributed by atoms with Crippen molar-refractivity contribution in [2.75, 3.05) is 19.7 Å². The Kier molecular flexibility index (Phi) is 7.60. The quantitative estimate of drug-likeness (QED) is 0.423. The van der Waals surface area contributed by atoms with Crippen LogP contribution in [0.2, 0.25) is 0 Å². The van der Waals surface area contributed by atoms with Gasteiger partial charge in [0, 0.05) is 13.1 Å². The molecule has 3 rings (SSSR count). The van der Waals surface area contributed by atoms with Crippen LogP contribution in [0.1, 0.15) is 37.0 Å². The highest BCUT2D eigenvalue weighted by Gasteiger charge is 2.22. The Morgan fingerprint density at radius 3 is 2.38 bits per heavy atom. The maximum Gasteiger partial charge on any atom is 0.338 e. The molecule has 1 aromatic heterocycles. The Labute approximate surface area is 187 Å². The SMILES string of the molecule is CCOc1ccccc1-c1noc(COC(=O)c2ccc(S(=O)(=O)N(CC)CC)cc2)n1. The summed E-state index contributed by atoms with van der Waals surface area (Å²) in [6.07, 6.45) is 0. The van der Waals surface area contributed by atoms with Crippen LogP contribution in [-0.2, 0) is 21.4 Å². The molecule has 0 aliphatic carbocycles. The maximum atomic E-state index is 12.5. The van der Waals surface area contributed by atoms with Gasteiger partial charge in [0.2, 0.25) is 15.8 Å². The molecule has 0 aliphatic rings.